The van der Waals surface area contributed by atoms with Gasteiger partial charge in [-0.15, -0.1) is 6.42 Å². The zero-order chi connectivity index (χ0) is 20.1. The van der Waals surface area contributed by atoms with Gasteiger partial charge in [-0.2, -0.15) is 0 Å². The number of H-pyrrole nitrogens is 2. The molecular formula is C24H19BrN4. The second-order valence-electron chi connectivity index (χ2n) is 7.38. The van der Waals surface area contributed by atoms with Crippen LogP contribution in [0.5, 0.6) is 0 Å². The molecule has 0 radical (unpaired) electrons. The molecule has 5 rings (SSSR count). The van der Waals surface area contributed by atoms with Gasteiger partial charge in [-0.05, 0) is 35.2 Å². The topological polar surface area (TPSA) is 70.5 Å². The minimum absolute atomic E-state index is 0.194. The molecule has 4 N–H and O–H groups in total. The van der Waals surface area contributed by atoms with Gasteiger partial charge < -0.3 is 15.7 Å². The highest BCUT2D eigenvalue weighted by atomic mass is 79.9. The molecule has 29 heavy (non-hydrogen) atoms. The molecule has 0 fully saturated rings. The summed E-state index contributed by atoms with van der Waals surface area (Å²) in [6.07, 6.45) is 18.3. The number of anilines is 1. The van der Waals surface area contributed by atoms with Crippen LogP contribution in [0.4, 0.5) is 5.69 Å². The fourth-order valence-corrected chi connectivity index (χ4v) is 4.53. The van der Waals surface area contributed by atoms with E-state index in [0.29, 0.717) is 0 Å². The van der Waals surface area contributed by atoms with E-state index in [1.165, 1.54) is 5.56 Å². The Morgan fingerprint density at radius 1 is 1.24 bits per heavy atom. The van der Waals surface area contributed by atoms with Crippen molar-refractivity contribution in [3.63, 3.8) is 0 Å². The number of hydrogen-bond donors (Lipinski definition) is 3. The first-order valence-corrected chi connectivity index (χ1v) is 10.2. The zero-order valence-corrected chi connectivity index (χ0v) is 17.4. The quantitative estimate of drug-likeness (QED) is 0.351. The van der Waals surface area contributed by atoms with Gasteiger partial charge in [0, 0.05) is 40.4 Å². The van der Waals surface area contributed by atoms with Crippen LogP contribution in [0.15, 0.2) is 53.2 Å². The molecule has 2 atom stereocenters. The monoisotopic (exact) mass is 442 g/mol. The van der Waals surface area contributed by atoms with Crippen LogP contribution in [0.1, 0.15) is 41.3 Å². The van der Waals surface area contributed by atoms with Gasteiger partial charge >= 0.3 is 0 Å². The van der Waals surface area contributed by atoms with Crippen molar-refractivity contribution in [1.82, 2.24) is 15.0 Å². The molecule has 2 heterocycles. The number of aromatic nitrogens is 3. The molecule has 0 saturated heterocycles. The highest BCUT2D eigenvalue weighted by molar-refractivity contribution is 9.11. The number of benzene rings is 1. The van der Waals surface area contributed by atoms with Gasteiger partial charge in [0.2, 0.25) is 0 Å². The van der Waals surface area contributed by atoms with Crippen LogP contribution in [0.3, 0.4) is 0 Å². The maximum Gasteiger partial charge on any atom is 0.140 e. The minimum atomic E-state index is 0.194. The molecule has 0 amide bonds. The van der Waals surface area contributed by atoms with Crippen LogP contribution in [-0.4, -0.2) is 15.0 Å². The first kappa shape index (κ1) is 17.8. The van der Waals surface area contributed by atoms with E-state index in [1.807, 2.05) is 31.3 Å². The lowest BCUT2D eigenvalue weighted by atomic mass is 9.74. The van der Waals surface area contributed by atoms with Crippen molar-refractivity contribution < 1.29 is 0 Å². The summed E-state index contributed by atoms with van der Waals surface area (Å²) in [5.74, 6) is 3.97. The fraction of sp³-hybridized carbons (Fsp3) is 0.125. The van der Waals surface area contributed by atoms with Crippen molar-refractivity contribution in [2.75, 3.05) is 5.73 Å². The highest BCUT2D eigenvalue weighted by Gasteiger charge is 2.35. The summed E-state index contributed by atoms with van der Waals surface area (Å²) in [5.41, 5.74) is 13.9. The van der Waals surface area contributed by atoms with Gasteiger partial charge in [-0.3, -0.25) is 0 Å². The second-order valence-corrected chi connectivity index (χ2v) is 8.63. The molecule has 2 unspecified atom stereocenters. The van der Waals surface area contributed by atoms with E-state index in [9.17, 15) is 0 Å². The summed E-state index contributed by atoms with van der Waals surface area (Å²) in [6.45, 7) is 1.98. The van der Waals surface area contributed by atoms with E-state index in [4.69, 9.17) is 17.1 Å². The molecule has 142 valence electrons. The lowest BCUT2D eigenvalue weighted by molar-refractivity contribution is 0.703. The molecule has 5 heteroatoms. The Labute approximate surface area is 177 Å². The molecule has 2 aliphatic carbocycles. The van der Waals surface area contributed by atoms with Crippen LogP contribution >= 0.6 is 15.9 Å². The van der Waals surface area contributed by atoms with Crippen molar-refractivity contribution in [3.8, 4) is 35.0 Å². The molecule has 3 aromatic rings. The summed E-state index contributed by atoms with van der Waals surface area (Å²) in [6, 6.07) is 6.13. The molecule has 4 nitrogen and oxygen atoms in total. The van der Waals surface area contributed by atoms with Crippen LogP contribution in [0.25, 0.3) is 28.7 Å². The normalized spacial score (nSPS) is 19.4. The molecule has 0 spiro atoms. The first-order valence-electron chi connectivity index (χ1n) is 9.43. The van der Waals surface area contributed by atoms with Gasteiger partial charge in [0.05, 0.1) is 17.1 Å². The van der Waals surface area contributed by atoms with E-state index in [-0.39, 0.29) is 11.8 Å². The summed E-state index contributed by atoms with van der Waals surface area (Å²) < 4.78 is 0.990. The molecule has 0 saturated carbocycles. The van der Waals surface area contributed by atoms with Gasteiger partial charge in [0.1, 0.15) is 5.82 Å². The number of fused-ring (bicyclic) bond motifs is 6. The van der Waals surface area contributed by atoms with Crippen LogP contribution in [0, 0.1) is 12.3 Å². The number of terminal acetylenes is 1. The zero-order valence-electron chi connectivity index (χ0n) is 15.8. The van der Waals surface area contributed by atoms with E-state index < -0.39 is 0 Å². The first-order chi connectivity index (χ1) is 14.1. The molecule has 0 bridgehead atoms. The van der Waals surface area contributed by atoms with Crippen LogP contribution in [0.2, 0.25) is 0 Å². The summed E-state index contributed by atoms with van der Waals surface area (Å²) in [4.78, 5) is 11.8. The van der Waals surface area contributed by atoms with Crippen LogP contribution < -0.4 is 5.73 Å². The number of nitrogens with zero attached hydrogens (tertiary/aromatic N) is 1. The molecule has 1 aromatic carbocycles. The van der Waals surface area contributed by atoms with Gasteiger partial charge in [0.15, 0.2) is 0 Å². The third-order valence-corrected chi connectivity index (χ3v) is 5.78. The minimum Gasteiger partial charge on any atom is -0.399 e. The SMILES string of the molecule is C#Cc1[nH]cc(-c2nc3c([nH]2)-c2cc(N)ccc2C2C=CC=CC32)c1/C=C(\C)Br. The second kappa shape index (κ2) is 6.68. The van der Waals surface area contributed by atoms with E-state index in [2.05, 4.69) is 62.2 Å². The molecule has 0 aliphatic heterocycles. The van der Waals surface area contributed by atoms with Crippen molar-refractivity contribution >= 4 is 27.7 Å². The Bertz CT molecular complexity index is 1260. The number of hydrogen-bond acceptors (Lipinski definition) is 2. The van der Waals surface area contributed by atoms with Crippen molar-refractivity contribution in [2.45, 2.75) is 18.8 Å². The number of nitrogen functional groups attached to an aromatic ring is 1. The largest absolute Gasteiger partial charge is 0.399 e. The molecular weight excluding hydrogens is 424 g/mol. The average Bonchev–Trinajstić information content (AvgIpc) is 3.32. The number of nitrogens with two attached hydrogens (primary N) is 1. The maximum absolute atomic E-state index is 6.12. The number of allylic oxidation sites excluding steroid dienone is 5. The third-order valence-electron chi connectivity index (χ3n) is 5.55. The lowest BCUT2D eigenvalue weighted by Gasteiger charge is -2.30. The van der Waals surface area contributed by atoms with E-state index in [1.54, 1.807) is 0 Å². The summed E-state index contributed by atoms with van der Waals surface area (Å²) in [5, 5.41) is 0. The number of nitrogens with one attached hydrogen (secondary N) is 2. The predicted octanol–water partition coefficient (Wildman–Crippen LogP) is 5.70. The van der Waals surface area contributed by atoms with E-state index in [0.717, 1.165) is 49.8 Å². The van der Waals surface area contributed by atoms with Gasteiger partial charge in [-0.1, -0.05) is 52.2 Å². The number of rotatable bonds is 2. The van der Waals surface area contributed by atoms with E-state index >= 15 is 0 Å². The van der Waals surface area contributed by atoms with Crippen molar-refractivity contribution in [1.29, 1.82) is 0 Å². The molecule has 2 aromatic heterocycles. The number of aromatic amines is 2. The highest BCUT2D eigenvalue weighted by Crippen LogP contribution is 2.49. The molecule has 2 aliphatic rings. The van der Waals surface area contributed by atoms with Crippen molar-refractivity contribution in [2.24, 2.45) is 0 Å². The maximum atomic E-state index is 6.12. The van der Waals surface area contributed by atoms with Crippen molar-refractivity contribution in [3.05, 3.63) is 75.7 Å². The summed E-state index contributed by atoms with van der Waals surface area (Å²) in [7, 11) is 0. The van der Waals surface area contributed by atoms with Gasteiger partial charge in [-0.25, -0.2) is 4.98 Å². The Balaban J connectivity index is 1.74. The Morgan fingerprint density at radius 2 is 2.03 bits per heavy atom. The lowest BCUT2D eigenvalue weighted by Crippen LogP contribution is -2.16. The number of imidazole rings is 1. The van der Waals surface area contributed by atoms with Crippen LogP contribution in [-0.2, 0) is 0 Å². The third kappa shape index (κ3) is 2.80. The standard InChI is InChI=1S/C24H19BrN4/c1-3-21-18(10-13(2)25)20(12-27-21)24-28-22-17-7-5-4-6-15(17)16-9-8-14(26)11-19(16)23(22)29-24/h1,4-12,15,17,27H,26H2,2H3,(H,28,29)/b13-10+. The summed E-state index contributed by atoms with van der Waals surface area (Å²) >= 11 is 3.52. The average molecular weight is 443 g/mol. The Morgan fingerprint density at radius 3 is 2.79 bits per heavy atom. The predicted molar refractivity (Wildman–Crippen MR) is 122 cm³/mol. The Kier molecular flexibility index (Phi) is 4.11. The smallest absolute Gasteiger partial charge is 0.140 e. The Hall–Kier alpha value is -3.23. The van der Waals surface area contributed by atoms with Gasteiger partial charge in [0.25, 0.3) is 0 Å². The number of halogens is 1. The fourth-order valence-electron chi connectivity index (χ4n) is 4.31.